The molecule has 0 aliphatic heterocycles. The molecule has 0 saturated carbocycles. The first kappa shape index (κ1) is 10.4. The molecule has 0 bridgehead atoms. The molecule has 5 nitrogen and oxygen atoms in total. The number of hydrogen-bond acceptors (Lipinski definition) is 5. The van der Waals surface area contributed by atoms with Crippen LogP contribution in [0.1, 0.15) is 6.92 Å². The first-order valence-electron chi connectivity index (χ1n) is 4.89. The van der Waals surface area contributed by atoms with Gasteiger partial charge in [0.2, 0.25) is 0 Å². The second-order valence-corrected chi connectivity index (χ2v) is 3.23. The van der Waals surface area contributed by atoms with Crippen molar-refractivity contribution in [2.24, 2.45) is 0 Å². The Morgan fingerprint density at radius 2 is 2.25 bits per heavy atom. The highest BCUT2D eigenvalue weighted by Gasteiger charge is 2.08. The molecule has 1 aromatic carbocycles. The van der Waals surface area contributed by atoms with Gasteiger partial charge in [0.05, 0.1) is 6.61 Å². The molecule has 0 fully saturated rings. The SMILES string of the molecule is CCOc1cc(-c2cc(N)no2)ccc1O. The number of benzene rings is 1. The van der Waals surface area contributed by atoms with Crippen LogP contribution in [-0.4, -0.2) is 16.9 Å². The number of ether oxygens (including phenoxy) is 1. The molecule has 5 heteroatoms. The van der Waals surface area contributed by atoms with Crippen molar-refractivity contribution in [1.29, 1.82) is 0 Å². The van der Waals surface area contributed by atoms with E-state index in [2.05, 4.69) is 5.16 Å². The normalized spacial score (nSPS) is 10.3. The molecule has 0 radical (unpaired) electrons. The fourth-order valence-electron chi connectivity index (χ4n) is 1.36. The average Bonchev–Trinajstić information content (AvgIpc) is 2.69. The number of aromatic nitrogens is 1. The van der Waals surface area contributed by atoms with Gasteiger partial charge in [-0.05, 0) is 25.1 Å². The van der Waals surface area contributed by atoms with E-state index in [0.29, 0.717) is 23.9 Å². The van der Waals surface area contributed by atoms with E-state index >= 15 is 0 Å². The van der Waals surface area contributed by atoms with Crippen molar-refractivity contribution in [3.63, 3.8) is 0 Å². The van der Waals surface area contributed by atoms with Crippen molar-refractivity contribution >= 4 is 5.82 Å². The molecule has 0 aliphatic carbocycles. The third-order valence-corrected chi connectivity index (χ3v) is 2.07. The van der Waals surface area contributed by atoms with E-state index in [0.717, 1.165) is 5.56 Å². The minimum Gasteiger partial charge on any atom is -0.504 e. The van der Waals surface area contributed by atoms with Gasteiger partial charge in [0.1, 0.15) is 0 Å². The summed E-state index contributed by atoms with van der Waals surface area (Å²) in [6.07, 6.45) is 0. The summed E-state index contributed by atoms with van der Waals surface area (Å²) >= 11 is 0. The standard InChI is InChI=1S/C11H12N2O3/c1-2-15-10-5-7(3-4-8(10)14)9-6-11(12)13-16-9/h3-6,14H,2H2,1H3,(H2,12,13). The first-order chi connectivity index (χ1) is 7.70. The Labute approximate surface area is 92.4 Å². The summed E-state index contributed by atoms with van der Waals surface area (Å²) in [5.41, 5.74) is 6.21. The minimum atomic E-state index is 0.0955. The zero-order valence-corrected chi connectivity index (χ0v) is 8.80. The van der Waals surface area contributed by atoms with Crippen molar-refractivity contribution < 1.29 is 14.4 Å². The fraction of sp³-hybridized carbons (Fsp3) is 0.182. The van der Waals surface area contributed by atoms with E-state index < -0.39 is 0 Å². The van der Waals surface area contributed by atoms with Crippen molar-refractivity contribution in [3.8, 4) is 22.8 Å². The van der Waals surface area contributed by atoms with E-state index in [9.17, 15) is 5.11 Å². The van der Waals surface area contributed by atoms with E-state index in [4.69, 9.17) is 15.0 Å². The maximum Gasteiger partial charge on any atom is 0.169 e. The molecule has 16 heavy (non-hydrogen) atoms. The Morgan fingerprint density at radius 1 is 1.44 bits per heavy atom. The molecule has 2 aromatic rings. The number of nitrogens with zero attached hydrogens (tertiary/aromatic N) is 1. The van der Waals surface area contributed by atoms with Gasteiger partial charge in [0.25, 0.3) is 0 Å². The number of anilines is 1. The van der Waals surface area contributed by atoms with Gasteiger partial charge >= 0.3 is 0 Å². The third-order valence-electron chi connectivity index (χ3n) is 2.07. The van der Waals surface area contributed by atoms with Crippen LogP contribution in [0.15, 0.2) is 28.8 Å². The Bertz CT molecular complexity index is 494. The molecule has 0 saturated heterocycles. The average molecular weight is 220 g/mol. The van der Waals surface area contributed by atoms with E-state index in [1.54, 1.807) is 24.3 Å². The van der Waals surface area contributed by atoms with Crippen LogP contribution in [0.3, 0.4) is 0 Å². The zero-order chi connectivity index (χ0) is 11.5. The molecule has 0 amide bonds. The minimum absolute atomic E-state index is 0.0955. The highest BCUT2D eigenvalue weighted by Crippen LogP contribution is 2.32. The molecular weight excluding hydrogens is 208 g/mol. The van der Waals surface area contributed by atoms with Crippen LogP contribution in [0, 0.1) is 0 Å². The summed E-state index contributed by atoms with van der Waals surface area (Å²) in [4.78, 5) is 0. The maximum atomic E-state index is 9.52. The highest BCUT2D eigenvalue weighted by molar-refractivity contribution is 5.64. The first-order valence-corrected chi connectivity index (χ1v) is 4.89. The Balaban J connectivity index is 2.39. The predicted octanol–water partition coefficient (Wildman–Crippen LogP) is 2.03. The fourth-order valence-corrected chi connectivity index (χ4v) is 1.36. The largest absolute Gasteiger partial charge is 0.504 e. The van der Waals surface area contributed by atoms with Crippen LogP contribution in [0.4, 0.5) is 5.82 Å². The lowest BCUT2D eigenvalue weighted by molar-refractivity contribution is 0.318. The smallest absolute Gasteiger partial charge is 0.169 e. The number of nitrogens with two attached hydrogens (primary N) is 1. The number of phenols is 1. The molecule has 0 aliphatic rings. The van der Waals surface area contributed by atoms with Gasteiger partial charge in [-0.3, -0.25) is 0 Å². The molecule has 3 N–H and O–H groups in total. The summed E-state index contributed by atoms with van der Waals surface area (Å²) < 4.78 is 10.3. The van der Waals surface area contributed by atoms with Gasteiger partial charge < -0.3 is 20.1 Å². The summed E-state index contributed by atoms with van der Waals surface area (Å²) in [6.45, 7) is 2.33. The lowest BCUT2D eigenvalue weighted by Crippen LogP contribution is -1.91. The van der Waals surface area contributed by atoms with E-state index in [1.807, 2.05) is 6.92 Å². The molecule has 84 valence electrons. The lowest BCUT2D eigenvalue weighted by Gasteiger charge is -2.06. The third kappa shape index (κ3) is 1.93. The van der Waals surface area contributed by atoms with Crippen molar-refractivity contribution in [2.45, 2.75) is 6.92 Å². The maximum absolute atomic E-state index is 9.52. The summed E-state index contributed by atoms with van der Waals surface area (Å²) in [5, 5.41) is 13.1. The molecule has 0 atom stereocenters. The van der Waals surface area contributed by atoms with Gasteiger partial charge in [-0.25, -0.2) is 0 Å². The molecule has 0 unspecified atom stereocenters. The highest BCUT2D eigenvalue weighted by atomic mass is 16.5. The van der Waals surface area contributed by atoms with Crippen LogP contribution in [0.25, 0.3) is 11.3 Å². The van der Waals surface area contributed by atoms with Gasteiger partial charge in [-0.1, -0.05) is 5.16 Å². The van der Waals surface area contributed by atoms with Crippen LogP contribution >= 0.6 is 0 Å². The van der Waals surface area contributed by atoms with Crippen LogP contribution in [0.2, 0.25) is 0 Å². The van der Waals surface area contributed by atoms with Gasteiger partial charge in [0.15, 0.2) is 23.1 Å². The Kier molecular flexibility index (Phi) is 2.68. The van der Waals surface area contributed by atoms with Crippen LogP contribution < -0.4 is 10.5 Å². The number of phenolic OH excluding ortho intramolecular Hbond substituents is 1. The monoisotopic (exact) mass is 220 g/mol. The van der Waals surface area contributed by atoms with Gasteiger partial charge in [0, 0.05) is 11.6 Å². The molecular formula is C11H12N2O3. The number of rotatable bonds is 3. The lowest BCUT2D eigenvalue weighted by atomic mass is 10.1. The molecule has 0 spiro atoms. The van der Waals surface area contributed by atoms with Crippen molar-refractivity contribution in [1.82, 2.24) is 5.16 Å². The second kappa shape index (κ2) is 4.14. The number of hydrogen-bond donors (Lipinski definition) is 2. The van der Waals surface area contributed by atoms with Crippen LogP contribution in [0.5, 0.6) is 11.5 Å². The predicted molar refractivity (Wildman–Crippen MR) is 59.2 cm³/mol. The van der Waals surface area contributed by atoms with E-state index in [1.165, 1.54) is 0 Å². The Hall–Kier alpha value is -2.17. The number of aromatic hydroxyl groups is 1. The van der Waals surface area contributed by atoms with Crippen LogP contribution in [-0.2, 0) is 0 Å². The summed E-state index contributed by atoms with van der Waals surface area (Å²) in [7, 11) is 0. The van der Waals surface area contributed by atoms with Crippen molar-refractivity contribution in [2.75, 3.05) is 12.3 Å². The topological polar surface area (TPSA) is 81.5 Å². The van der Waals surface area contributed by atoms with E-state index in [-0.39, 0.29) is 5.75 Å². The van der Waals surface area contributed by atoms with Gasteiger partial charge in [-0.15, -0.1) is 0 Å². The quantitative estimate of drug-likeness (QED) is 0.827. The number of nitrogen functional groups attached to an aromatic ring is 1. The van der Waals surface area contributed by atoms with Gasteiger partial charge in [-0.2, -0.15) is 0 Å². The van der Waals surface area contributed by atoms with Crippen molar-refractivity contribution in [3.05, 3.63) is 24.3 Å². The zero-order valence-electron chi connectivity index (χ0n) is 8.80. The Morgan fingerprint density at radius 3 is 2.88 bits per heavy atom. The molecule has 2 rings (SSSR count). The molecule has 1 heterocycles. The molecule has 1 aromatic heterocycles. The second-order valence-electron chi connectivity index (χ2n) is 3.23. The summed E-state index contributed by atoms with van der Waals surface area (Å²) in [5.74, 6) is 1.37. The summed E-state index contributed by atoms with van der Waals surface area (Å²) in [6, 6.07) is 6.54.